The number of para-hydroxylation sites is 2. The van der Waals surface area contributed by atoms with E-state index in [1.165, 1.54) is 44.9 Å². The molecule has 1 amide bonds. The van der Waals surface area contributed by atoms with E-state index < -0.39 is 6.09 Å². The van der Waals surface area contributed by atoms with Gasteiger partial charge in [0.1, 0.15) is 11.9 Å². The molecular formula is C26H47Cl2N3O3. The molecule has 1 saturated heterocycles. The number of rotatable bonds is 15. The van der Waals surface area contributed by atoms with Crippen LogP contribution in [0.4, 0.5) is 10.5 Å². The molecule has 1 aliphatic heterocycles. The number of likely N-dealkylation sites (tertiary alicyclic amines) is 1. The van der Waals surface area contributed by atoms with E-state index in [-0.39, 0.29) is 30.9 Å². The Balaban J connectivity index is 0.00000544. The molecular weight excluding hydrogens is 473 g/mol. The van der Waals surface area contributed by atoms with Gasteiger partial charge in [0, 0.05) is 13.1 Å². The van der Waals surface area contributed by atoms with Gasteiger partial charge in [0.05, 0.1) is 12.3 Å². The maximum atomic E-state index is 12.8. The molecule has 0 saturated carbocycles. The smallest absolute Gasteiger partial charge is 0.412 e. The number of carbonyl (C=O) groups is 1. The molecule has 8 heteroatoms. The lowest BCUT2D eigenvalue weighted by Crippen LogP contribution is -2.44. The molecule has 0 spiro atoms. The number of likely N-dealkylation sites (N-methyl/N-ethyl adjacent to an activating group) is 1. The first-order valence-electron chi connectivity index (χ1n) is 12.8. The number of piperidine rings is 1. The Morgan fingerprint density at radius 3 is 2.35 bits per heavy atom. The number of amides is 1. The van der Waals surface area contributed by atoms with Gasteiger partial charge in [0.2, 0.25) is 0 Å². The molecule has 0 aliphatic carbocycles. The Morgan fingerprint density at radius 2 is 1.68 bits per heavy atom. The predicted molar refractivity (Wildman–Crippen MR) is 147 cm³/mol. The fourth-order valence-electron chi connectivity index (χ4n) is 4.21. The third-order valence-corrected chi connectivity index (χ3v) is 6.17. The lowest BCUT2D eigenvalue weighted by atomic mass is 10.1. The standard InChI is InChI=1S/C26H45N3O3.2ClH/c1-4-7-8-9-15-20-31-25-17-12-11-16-24(25)27-26(30)32-23(21-28(5-2)6-3)22-29-18-13-10-14-19-29;;/h11-12,16-17,23H,4-10,13-15,18-22H2,1-3H3,(H,27,30);2*1H. The first-order chi connectivity index (χ1) is 15.7. The van der Waals surface area contributed by atoms with E-state index in [2.05, 4.69) is 35.9 Å². The summed E-state index contributed by atoms with van der Waals surface area (Å²) in [4.78, 5) is 17.5. The molecule has 1 aliphatic rings. The highest BCUT2D eigenvalue weighted by Crippen LogP contribution is 2.24. The van der Waals surface area contributed by atoms with Crippen LogP contribution in [0.3, 0.4) is 0 Å². The number of anilines is 1. The Labute approximate surface area is 219 Å². The number of carbonyl (C=O) groups excluding carboxylic acids is 1. The molecule has 1 unspecified atom stereocenters. The molecule has 6 nitrogen and oxygen atoms in total. The van der Waals surface area contributed by atoms with Crippen molar-refractivity contribution < 1.29 is 14.3 Å². The Morgan fingerprint density at radius 1 is 1.00 bits per heavy atom. The normalized spacial score (nSPS) is 14.6. The van der Waals surface area contributed by atoms with Crippen LogP contribution in [-0.2, 0) is 4.74 Å². The summed E-state index contributed by atoms with van der Waals surface area (Å²) in [5, 5.41) is 2.93. The van der Waals surface area contributed by atoms with Crippen molar-refractivity contribution in [1.29, 1.82) is 0 Å². The number of ether oxygens (including phenoxy) is 2. The molecule has 0 radical (unpaired) electrons. The zero-order chi connectivity index (χ0) is 23.0. The van der Waals surface area contributed by atoms with E-state index >= 15 is 0 Å². The fraction of sp³-hybridized carbons (Fsp3) is 0.731. The van der Waals surface area contributed by atoms with Crippen LogP contribution in [0.15, 0.2) is 24.3 Å². The minimum Gasteiger partial charge on any atom is -0.491 e. The number of nitrogens with zero attached hydrogens (tertiary/aromatic N) is 2. The van der Waals surface area contributed by atoms with Crippen molar-refractivity contribution in [1.82, 2.24) is 9.80 Å². The maximum absolute atomic E-state index is 12.8. The monoisotopic (exact) mass is 519 g/mol. The number of unbranched alkanes of at least 4 members (excludes halogenated alkanes) is 4. The highest BCUT2D eigenvalue weighted by atomic mass is 35.5. The number of nitrogens with one attached hydrogen (secondary N) is 1. The highest BCUT2D eigenvalue weighted by molar-refractivity contribution is 5.86. The minimum absolute atomic E-state index is 0. The van der Waals surface area contributed by atoms with Gasteiger partial charge in [-0.05, 0) is 57.6 Å². The number of hydrogen-bond acceptors (Lipinski definition) is 5. The summed E-state index contributed by atoms with van der Waals surface area (Å²) in [6, 6.07) is 7.62. The Bertz CT molecular complexity index is 641. The van der Waals surface area contributed by atoms with Crippen molar-refractivity contribution in [3.63, 3.8) is 0 Å². The van der Waals surface area contributed by atoms with Crippen LogP contribution in [0.1, 0.15) is 72.1 Å². The lowest BCUT2D eigenvalue weighted by Gasteiger charge is -2.32. The van der Waals surface area contributed by atoms with E-state index in [1.54, 1.807) is 0 Å². The summed E-state index contributed by atoms with van der Waals surface area (Å²) in [6.07, 6.45) is 9.16. The van der Waals surface area contributed by atoms with Gasteiger partial charge in [0.25, 0.3) is 0 Å². The van der Waals surface area contributed by atoms with Crippen molar-refractivity contribution in [3.05, 3.63) is 24.3 Å². The largest absolute Gasteiger partial charge is 0.491 e. The molecule has 0 aromatic heterocycles. The average Bonchev–Trinajstić information content (AvgIpc) is 2.81. The van der Waals surface area contributed by atoms with E-state index in [0.29, 0.717) is 18.0 Å². The van der Waals surface area contributed by atoms with Crippen molar-refractivity contribution >= 4 is 36.6 Å². The summed E-state index contributed by atoms with van der Waals surface area (Å²) in [5.74, 6) is 0.705. The van der Waals surface area contributed by atoms with Gasteiger partial charge >= 0.3 is 6.09 Å². The fourth-order valence-corrected chi connectivity index (χ4v) is 4.21. The molecule has 1 atom stereocenters. The van der Waals surface area contributed by atoms with E-state index in [1.807, 2.05) is 24.3 Å². The van der Waals surface area contributed by atoms with Gasteiger partial charge in [0.15, 0.2) is 0 Å². The van der Waals surface area contributed by atoms with Crippen molar-refractivity contribution in [2.45, 2.75) is 78.2 Å². The molecule has 1 heterocycles. The molecule has 1 aromatic carbocycles. The summed E-state index contributed by atoms with van der Waals surface area (Å²) >= 11 is 0. The zero-order valence-electron chi connectivity index (χ0n) is 21.4. The topological polar surface area (TPSA) is 54.0 Å². The second-order valence-electron chi connectivity index (χ2n) is 8.76. The van der Waals surface area contributed by atoms with Crippen molar-refractivity contribution in [2.24, 2.45) is 0 Å². The summed E-state index contributed by atoms with van der Waals surface area (Å²) in [7, 11) is 0. The second-order valence-corrected chi connectivity index (χ2v) is 8.76. The maximum Gasteiger partial charge on any atom is 0.412 e. The van der Waals surface area contributed by atoms with Gasteiger partial charge in [-0.2, -0.15) is 0 Å². The van der Waals surface area contributed by atoms with Gasteiger partial charge in [-0.25, -0.2) is 4.79 Å². The van der Waals surface area contributed by atoms with Gasteiger partial charge < -0.3 is 14.4 Å². The molecule has 1 aromatic rings. The quantitative estimate of drug-likeness (QED) is 0.263. The van der Waals surface area contributed by atoms with Gasteiger partial charge in [-0.15, -0.1) is 24.8 Å². The van der Waals surface area contributed by atoms with Crippen molar-refractivity contribution in [2.75, 3.05) is 51.2 Å². The lowest BCUT2D eigenvalue weighted by molar-refractivity contribution is 0.0503. The molecule has 0 bridgehead atoms. The SMILES string of the molecule is CCCCCCCOc1ccccc1NC(=O)OC(CN(CC)CC)CN1CCCCC1.Cl.Cl. The Hall–Kier alpha value is -1.21. The minimum atomic E-state index is -0.404. The van der Waals surface area contributed by atoms with Crippen LogP contribution in [0.2, 0.25) is 0 Å². The zero-order valence-corrected chi connectivity index (χ0v) is 23.1. The summed E-state index contributed by atoms with van der Waals surface area (Å²) < 4.78 is 11.9. The third-order valence-electron chi connectivity index (χ3n) is 6.17. The van der Waals surface area contributed by atoms with Crippen LogP contribution in [-0.4, -0.2) is 67.9 Å². The van der Waals surface area contributed by atoms with Crippen LogP contribution in [0.25, 0.3) is 0 Å². The number of benzene rings is 1. The van der Waals surface area contributed by atoms with E-state index in [0.717, 1.165) is 45.7 Å². The highest BCUT2D eigenvalue weighted by Gasteiger charge is 2.22. The first-order valence-corrected chi connectivity index (χ1v) is 12.8. The Kier molecular flexibility index (Phi) is 19.3. The van der Waals surface area contributed by atoms with Gasteiger partial charge in [-0.3, -0.25) is 10.2 Å². The molecule has 1 fully saturated rings. The molecule has 1 N–H and O–H groups in total. The number of halogens is 2. The number of hydrogen-bond donors (Lipinski definition) is 1. The van der Waals surface area contributed by atoms with Crippen LogP contribution < -0.4 is 10.1 Å². The van der Waals surface area contributed by atoms with E-state index in [9.17, 15) is 4.79 Å². The van der Waals surface area contributed by atoms with Gasteiger partial charge in [-0.1, -0.05) is 65.0 Å². The van der Waals surface area contributed by atoms with E-state index in [4.69, 9.17) is 9.47 Å². The summed E-state index contributed by atoms with van der Waals surface area (Å²) in [5.41, 5.74) is 0.672. The van der Waals surface area contributed by atoms with Crippen LogP contribution in [0, 0.1) is 0 Å². The third kappa shape index (κ3) is 13.0. The average molecular weight is 521 g/mol. The summed E-state index contributed by atoms with van der Waals surface area (Å²) in [6.45, 7) is 12.8. The van der Waals surface area contributed by atoms with Crippen LogP contribution >= 0.6 is 24.8 Å². The predicted octanol–water partition coefficient (Wildman–Crippen LogP) is 6.62. The molecule has 2 rings (SSSR count). The van der Waals surface area contributed by atoms with Crippen molar-refractivity contribution in [3.8, 4) is 5.75 Å². The molecule has 198 valence electrons. The second kappa shape index (κ2) is 20.0. The van der Waals surface area contributed by atoms with Crippen LogP contribution in [0.5, 0.6) is 5.75 Å². The first kappa shape index (κ1) is 32.8. The molecule has 34 heavy (non-hydrogen) atoms.